The summed E-state index contributed by atoms with van der Waals surface area (Å²) in [6, 6.07) is -0.944. The first kappa shape index (κ1) is 14.8. The highest BCUT2D eigenvalue weighted by molar-refractivity contribution is 7.89. The van der Waals surface area contributed by atoms with Crippen molar-refractivity contribution >= 4 is 16.0 Å². The monoisotopic (exact) mass is 289 g/mol. The summed E-state index contributed by atoms with van der Waals surface area (Å²) in [6.07, 6.45) is 6.44. The Hall–Kier alpha value is -0.620. The van der Waals surface area contributed by atoms with Crippen LogP contribution in [0.25, 0.3) is 0 Å². The van der Waals surface area contributed by atoms with Gasteiger partial charge in [0.15, 0.2) is 0 Å². The summed E-state index contributed by atoms with van der Waals surface area (Å²) in [5.74, 6) is -0.363. The quantitative estimate of drug-likeness (QED) is 0.745. The van der Waals surface area contributed by atoms with E-state index in [1.165, 1.54) is 6.92 Å². The van der Waals surface area contributed by atoms with Gasteiger partial charge in [-0.05, 0) is 24.7 Å². The SMILES string of the molecule is CCS(=O)(=O)NC(C(=O)O)C(C1CCC1)C1CCC1. The minimum absolute atomic E-state index is 0.0266. The molecule has 0 heterocycles. The van der Waals surface area contributed by atoms with E-state index in [0.29, 0.717) is 11.8 Å². The van der Waals surface area contributed by atoms with E-state index in [0.717, 1.165) is 38.5 Å². The second kappa shape index (κ2) is 5.79. The molecule has 19 heavy (non-hydrogen) atoms. The maximum Gasteiger partial charge on any atom is 0.322 e. The first-order valence-electron chi connectivity index (χ1n) is 7.17. The number of hydrogen-bond acceptors (Lipinski definition) is 3. The molecular weight excluding hydrogens is 266 g/mol. The van der Waals surface area contributed by atoms with Crippen molar-refractivity contribution in [3.63, 3.8) is 0 Å². The number of aliphatic carboxylic acids is 1. The molecule has 2 aliphatic rings. The van der Waals surface area contributed by atoms with E-state index in [2.05, 4.69) is 4.72 Å². The van der Waals surface area contributed by atoms with E-state index in [-0.39, 0.29) is 11.7 Å². The van der Waals surface area contributed by atoms with Gasteiger partial charge in [0.25, 0.3) is 0 Å². The van der Waals surface area contributed by atoms with Gasteiger partial charge in [0.05, 0.1) is 5.75 Å². The summed E-state index contributed by atoms with van der Waals surface area (Å²) in [7, 11) is -3.47. The number of hydrogen-bond donors (Lipinski definition) is 2. The van der Waals surface area contributed by atoms with Crippen molar-refractivity contribution in [2.75, 3.05) is 5.75 Å². The van der Waals surface area contributed by atoms with Crippen molar-refractivity contribution in [2.24, 2.45) is 17.8 Å². The molecule has 2 rings (SSSR count). The van der Waals surface area contributed by atoms with Crippen molar-refractivity contribution in [3.8, 4) is 0 Å². The normalized spacial score (nSPS) is 22.8. The number of carbonyl (C=O) groups is 1. The Bertz CT molecular complexity index is 412. The molecule has 1 unspecified atom stereocenters. The minimum Gasteiger partial charge on any atom is -0.480 e. The van der Waals surface area contributed by atoms with E-state index in [9.17, 15) is 18.3 Å². The Labute approximate surface area is 114 Å². The van der Waals surface area contributed by atoms with Crippen molar-refractivity contribution in [2.45, 2.75) is 51.5 Å². The van der Waals surface area contributed by atoms with Crippen LogP contribution in [0.4, 0.5) is 0 Å². The van der Waals surface area contributed by atoms with Crippen LogP contribution in [0.15, 0.2) is 0 Å². The van der Waals surface area contributed by atoms with Gasteiger partial charge >= 0.3 is 5.97 Å². The molecule has 110 valence electrons. The van der Waals surface area contributed by atoms with Crippen LogP contribution in [0.3, 0.4) is 0 Å². The highest BCUT2D eigenvalue weighted by atomic mass is 32.2. The largest absolute Gasteiger partial charge is 0.480 e. The van der Waals surface area contributed by atoms with Crippen molar-refractivity contribution in [1.29, 1.82) is 0 Å². The van der Waals surface area contributed by atoms with Gasteiger partial charge in [-0.15, -0.1) is 0 Å². The van der Waals surface area contributed by atoms with Gasteiger partial charge in [0.2, 0.25) is 10.0 Å². The second-order valence-electron chi connectivity index (χ2n) is 5.80. The predicted molar refractivity (Wildman–Crippen MR) is 72.2 cm³/mol. The number of nitrogens with one attached hydrogen (secondary N) is 1. The number of rotatable bonds is 7. The van der Waals surface area contributed by atoms with Crippen molar-refractivity contribution in [3.05, 3.63) is 0 Å². The zero-order chi connectivity index (χ0) is 14.0. The predicted octanol–water partition coefficient (Wildman–Crippen LogP) is 1.60. The number of carboxylic acid groups (broad SMARTS) is 1. The fraction of sp³-hybridized carbons (Fsp3) is 0.923. The van der Waals surface area contributed by atoms with Crippen LogP contribution >= 0.6 is 0 Å². The summed E-state index contributed by atoms with van der Waals surface area (Å²) < 4.78 is 25.8. The zero-order valence-electron chi connectivity index (χ0n) is 11.3. The molecule has 6 heteroatoms. The second-order valence-corrected chi connectivity index (χ2v) is 7.84. The summed E-state index contributed by atoms with van der Waals surface area (Å²) in [5, 5.41) is 9.41. The van der Waals surface area contributed by atoms with Crippen LogP contribution in [-0.2, 0) is 14.8 Å². The van der Waals surface area contributed by atoms with Gasteiger partial charge in [-0.3, -0.25) is 4.79 Å². The summed E-state index contributed by atoms with van der Waals surface area (Å²) >= 11 is 0. The lowest BCUT2D eigenvalue weighted by molar-refractivity contribution is -0.143. The highest BCUT2D eigenvalue weighted by Gasteiger charge is 2.44. The number of sulfonamides is 1. The maximum atomic E-state index is 11.7. The molecule has 0 spiro atoms. The Morgan fingerprint density at radius 2 is 1.68 bits per heavy atom. The third-order valence-electron chi connectivity index (χ3n) is 4.73. The Balaban J connectivity index is 2.16. The Morgan fingerprint density at radius 1 is 1.21 bits per heavy atom. The van der Waals surface area contributed by atoms with Gasteiger partial charge in [-0.1, -0.05) is 38.5 Å². The lowest BCUT2D eigenvalue weighted by Gasteiger charge is -2.45. The molecule has 0 aliphatic heterocycles. The molecule has 0 aromatic carbocycles. The maximum absolute atomic E-state index is 11.7. The Morgan fingerprint density at radius 3 is 1.95 bits per heavy atom. The standard InChI is InChI=1S/C13H23NO4S/c1-2-19(17,18)14-12(13(15)16)11(9-5-3-6-9)10-7-4-8-10/h9-12,14H,2-8H2,1H3,(H,15,16). The molecule has 2 N–H and O–H groups in total. The molecule has 2 saturated carbocycles. The average Bonchev–Trinajstić information content (AvgIpc) is 2.20. The van der Waals surface area contributed by atoms with Gasteiger partial charge in [-0.25, -0.2) is 13.1 Å². The van der Waals surface area contributed by atoms with Crippen molar-refractivity contribution in [1.82, 2.24) is 4.72 Å². The molecule has 0 aromatic rings. The first-order valence-corrected chi connectivity index (χ1v) is 8.82. The molecule has 0 saturated heterocycles. The van der Waals surface area contributed by atoms with E-state index >= 15 is 0 Å². The fourth-order valence-corrected chi connectivity index (χ4v) is 3.96. The van der Waals surface area contributed by atoms with Crippen molar-refractivity contribution < 1.29 is 18.3 Å². The summed E-state index contributed by atoms with van der Waals surface area (Å²) in [4.78, 5) is 11.5. The van der Waals surface area contributed by atoms with Gasteiger partial charge < -0.3 is 5.11 Å². The van der Waals surface area contributed by atoms with Gasteiger partial charge in [-0.2, -0.15) is 0 Å². The van der Waals surface area contributed by atoms with Gasteiger partial charge in [0.1, 0.15) is 6.04 Å². The van der Waals surface area contributed by atoms with Crippen LogP contribution < -0.4 is 4.72 Å². The van der Waals surface area contributed by atoms with Crippen LogP contribution in [-0.4, -0.2) is 31.3 Å². The molecule has 0 amide bonds. The minimum atomic E-state index is -3.47. The molecule has 0 aromatic heterocycles. The topological polar surface area (TPSA) is 83.5 Å². The van der Waals surface area contributed by atoms with E-state index in [1.54, 1.807) is 0 Å². The van der Waals surface area contributed by atoms with Gasteiger partial charge in [0, 0.05) is 0 Å². The smallest absolute Gasteiger partial charge is 0.322 e. The fourth-order valence-electron chi connectivity index (χ4n) is 3.15. The molecule has 2 fully saturated rings. The molecule has 0 radical (unpaired) electrons. The summed E-state index contributed by atoms with van der Waals surface area (Å²) in [6.45, 7) is 1.53. The molecule has 2 aliphatic carbocycles. The molecule has 5 nitrogen and oxygen atoms in total. The Kier molecular flexibility index (Phi) is 4.50. The van der Waals surface area contributed by atoms with Crippen LogP contribution in [0.1, 0.15) is 45.4 Å². The molecule has 1 atom stereocenters. The van der Waals surface area contributed by atoms with E-state index in [1.807, 2.05) is 0 Å². The first-order chi connectivity index (χ1) is 8.94. The molecule has 0 bridgehead atoms. The summed E-state index contributed by atoms with van der Waals surface area (Å²) in [5.41, 5.74) is 0. The van der Waals surface area contributed by atoms with E-state index < -0.39 is 22.0 Å². The average molecular weight is 289 g/mol. The van der Waals surface area contributed by atoms with Crippen LogP contribution in [0.2, 0.25) is 0 Å². The lowest BCUT2D eigenvalue weighted by Crippen LogP contribution is -2.53. The van der Waals surface area contributed by atoms with Crippen LogP contribution in [0.5, 0.6) is 0 Å². The highest BCUT2D eigenvalue weighted by Crippen LogP contribution is 2.46. The van der Waals surface area contributed by atoms with Crippen LogP contribution in [0, 0.1) is 17.8 Å². The number of carboxylic acids is 1. The van der Waals surface area contributed by atoms with E-state index in [4.69, 9.17) is 0 Å². The third kappa shape index (κ3) is 3.28. The lowest BCUT2D eigenvalue weighted by atomic mass is 9.62. The third-order valence-corrected chi connectivity index (χ3v) is 6.10. The molecular formula is C13H23NO4S. The zero-order valence-corrected chi connectivity index (χ0v) is 12.2.